The van der Waals surface area contributed by atoms with Crippen LogP contribution >= 0.6 is 0 Å². The van der Waals surface area contributed by atoms with Crippen LogP contribution in [0.1, 0.15) is 19.4 Å². The summed E-state index contributed by atoms with van der Waals surface area (Å²) in [5, 5.41) is 0. The lowest BCUT2D eigenvalue weighted by molar-refractivity contribution is -0.138. The average molecular weight is 242 g/mol. The van der Waals surface area contributed by atoms with Crippen LogP contribution in [-0.4, -0.2) is 12.6 Å². The maximum Gasteiger partial charge on any atom is 0.337 e. The van der Waals surface area contributed by atoms with E-state index in [0.29, 0.717) is 12.2 Å². The van der Waals surface area contributed by atoms with Crippen molar-refractivity contribution in [1.82, 2.24) is 0 Å². The lowest BCUT2D eigenvalue weighted by Crippen LogP contribution is -2.05. The molecule has 0 N–H and O–H groups in total. The molecule has 1 rings (SSSR count). The first-order chi connectivity index (χ1) is 8.77. The van der Waals surface area contributed by atoms with E-state index in [9.17, 15) is 4.79 Å². The molecule has 2 heteroatoms. The van der Waals surface area contributed by atoms with Gasteiger partial charge >= 0.3 is 5.97 Å². The Hall–Kier alpha value is -2.09. The number of rotatable bonds is 5. The van der Waals surface area contributed by atoms with Crippen molar-refractivity contribution < 1.29 is 9.53 Å². The molecule has 0 saturated heterocycles. The number of carbonyl (C=O) groups excluding carboxylic acids is 1. The summed E-state index contributed by atoms with van der Waals surface area (Å²) < 4.78 is 4.93. The van der Waals surface area contributed by atoms with Gasteiger partial charge in [-0.2, -0.15) is 0 Å². The van der Waals surface area contributed by atoms with Gasteiger partial charge in [-0.05, 0) is 25.5 Å². The van der Waals surface area contributed by atoms with E-state index in [1.54, 1.807) is 19.1 Å². The average Bonchev–Trinajstić information content (AvgIpc) is 2.40. The molecule has 0 unspecified atom stereocenters. The molecular formula is C16H18O2. The van der Waals surface area contributed by atoms with Crippen molar-refractivity contribution in [3.05, 3.63) is 65.8 Å². The molecule has 0 aliphatic rings. The SMILES string of the molecule is C\C=C(/C=C/C=C/c1ccccc1)C(=O)OCC. The number of hydrogen-bond acceptors (Lipinski definition) is 2. The lowest BCUT2D eigenvalue weighted by Gasteiger charge is -2.00. The third-order valence-corrected chi connectivity index (χ3v) is 2.30. The molecule has 0 aromatic heterocycles. The summed E-state index contributed by atoms with van der Waals surface area (Å²) in [5.41, 5.74) is 1.69. The summed E-state index contributed by atoms with van der Waals surface area (Å²) >= 11 is 0. The molecule has 1 aromatic rings. The molecule has 0 aliphatic carbocycles. The zero-order valence-corrected chi connectivity index (χ0v) is 10.8. The molecular weight excluding hydrogens is 224 g/mol. The van der Waals surface area contributed by atoms with Gasteiger partial charge in [0.1, 0.15) is 0 Å². The maximum atomic E-state index is 11.5. The fourth-order valence-corrected chi connectivity index (χ4v) is 1.39. The van der Waals surface area contributed by atoms with Crippen molar-refractivity contribution >= 4 is 12.0 Å². The van der Waals surface area contributed by atoms with E-state index < -0.39 is 0 Å². The van der Waals surface area contributed by atoms with Gasteiger partial charge in [0.2, 0.25) is 0 Å². The summed E-state index contributed by atoms with van der Waals surface area (Å²) in [6.45, 7) is 4.01. The number of esters is 1. The number of hydrogen-bond donors (Lipinski definition) is 0. The van der Waals surface area contributed by atoms with Crippen molar-refractivity contribution in [3.8, 4) is 0 Å². The van der Waals surface area contributed by atoms with Crippen LogP contribution in [0.3, 0.4) is 0 Å². The van der Waals surface area contributed by atoms with Gasteiger partial charge < -0.3 is 4.74 Å². The van der Waals surface area contributed by atoms with Gasteiger partial charge in [0.05, 0.1) is 12.2 Å². The van der Waals surface area contributed by atoms with Crippen LogP contribution in [0, 0.1) is 0 Å². The van der Waals surface area contributed by atoms with Crippen molar-refractivity contribution in [2.24, 2.45) is 0 Å². The molecule has 0 heterocycles. The second-order valence-corrected chi connectivity index (χ2v) is 3.59. The topological polar surface area (TPSA) is 26.3 Å². The quantitative estimate of drug-likeness (QED) is 0.446. The molecule has 0 spiro atoms. The van der Waals surface area contributed by atoms with Crippen LogP contribution in [-0.2, 0) is 9.53 Å². The Bertz CT molecular complexity index is 453. The predicted molar refractivity (Wildman–Crippen MR) is 75.0 cm³/mol. The van der Waals surface area contributed by atoms with E-state index in [1.165, 1.54) is 0 Å². The minimum absolute atomic E-state index is 0.288. The van der Waals surface area contributed by atoms with Crippen LogP contribution in [0.4, 0.5) is 0 Å². The summed E-state index contributed by atoms with van der Waals surface area (Å²) in [5.74, 6) is -0.288. The van der Waals surface area contributed by atoms with Gasteiger partial charge in [0.15, 0.2) is 0 Å². The minimum atomic E-state index is -0.288. The fraction of sp³-hybridized carbons (Fsp3) is 0.188. The molecule has 1 aromatic carbocycles. The molecule has 0 radical (unpaired) electrons. The van der Waals surface area contributed by atoms with E-state index in [2.05, 4.69) is 0 Å². The predicted octanol–water partition coefficient (Wildman–Crippen LogP) is 3.77. The molecule has 0 bridgehead atoms. The molecule has 94 valence electrons. The van der Waals surface area contributed by atoms with Crippen molar-refractivity contribution in [1.29, 1.82) is 0 Å². The monoisotopic (exact) mass is 242 g/mol. The second kappa shape index (κ2) is 8.07. The van der Waals surface area contributed by atoms with Crippen LogP contribution in [0.2, 0.25) is 0 Å². The Labute approximate surface area is 108 Å². The van der Waals surface area contributed by atoms with E-state index in [4.69, 9.17) is 4.74 Å². The normalized spacial score (nSPS) is 12.2. The number of allylic oxidation sites excluding steroid dienone is 3. The molecule has 0 aliphatic heterocycles. The highest BCUT2D eigenvalue weighted by molar-refractivity contribution is 5.91. The standard InChI is InChI=1S/C16H18O2/c1-3-15(16(17)18-4-2)13-9-8-12-14-10-6-5-7-11-14/h3,5-13H,4H2,1-2H3/b12-8+,13-9+,15-3+. The first-order valence-electron chi connectivity index (χ1n) is 6.01. The highest BCUT2D eigenvalue weighted by Gasteiger charge is 2.03. The Morgan fingerprint density at radius 1 is 1.22 bits per heavy atom. The number of benzene rings is 1. The van der Waals surface area contributed by atoms with Gasteiger partial charge in [-0.3, -0.25) is 0 Å². The number of ether oxygens (including phenoxy) is 1. The van der Waals surface area contributed by atoms with Crippen LogP contribution in [0.25, 0.3) is 6.08 Å². The first kappa shape index (κ1) is 14.0. The Morgan fingerprint density at radius 2 is 1.94 bits per heavy atom. The van der Waals surface area contributed by atoms with Crippen molar-refractivity contribution in [2.75, 3.05) is 6.61 Å². The molecule has 0 amide bonds. The summed E-state index contributed by atoms with van der Waals surface area (Å²) in [6.07, 6.45) is 9.20. The molecule has 18 heavy (non-hydrogen) atoms. The molecule has 2 nitrogen and oxygen atoms in total. The van der Waals surface area contributed by atoms with Gasteiger partial charge in [-0.15, -0.1) is 0 Å². The minimum Gasteiger partial charge on any atom is -0.462 e. The van der Waals surface area contributed by atoms with E-state index in [0.717, 1.165) is 5.56 Å². The van der Waals surface area contributed by atoms with Crippen molar-refractivity contribution in [2.45, 2.75) is 13.8 Å². The fourth-order valence-electron chi connectivity index (χ4n) is 1.39. The van der Waals surface area contributed by atoms with Gasteiger partial charge in [0, 0.05) is 0 Å². The largest absolute Gasteiger partial charge is 0.462 e. The molecule has 0 atom stereocenters. The zero-order chi connectivity index (χ0) is 13.2. The summed E-state index contributed by atoms with van der Waals surface area (Å²) in [6, 6.07) is 9.99. The summed E-state index contributed by atoms with van der Waals surface area (Å²) in [4.78, 5) is 11.5. The molecule has 0 saturated carbocycles. The van der Waals surface area contributed by atoms with Crippen molar-refractivity contribution in [3.63, 3.8) is 0 Å². The van der Waals surface area contributed by atoms with Gasteiger partial charge in [-0.1, -0.05) is 54.6 Å². The smallest absolute Gasteiger partial charge is 0.337 e. The summed E-state index contributed by atoms with van der Waals surface area (Å²) in [7, 11) is 0. The Morgan fingerprint density at radius 3 is 2.56 bits per heavy atom. The Kier molecular flexibility index (Phi) is 6.26. The zero-order valence-electron chi connectivity index (χ0n) is 10.8. The van der Waals surface area contributed by atoms with Gasteiger partial charge in [-0.25, -0.2) is 4.79 Å². The highest BCUT2D eigenvalue weighted by Crippen LogP contribution is 2.03. The van der Waals surface area contributed by atoms with Crippen LogP contribution in [0.5, 0.6) is 0 Å². The Balaban J connectivity index is 2.59. The third-order valence-electron chi connectivity index (χ3n) is 2.30. The molecule has 0 fully saturated rings. The third kappa shape index (κ3) is 4.83. The van der Waals surface area contributed by atoms with Gasteiger partial charge in [0.25, 0.3) is 0 Å². The van der Waals surface area contributed by atoms with E-state index in [1.807, 2.05) is 55.5 Å². The second-order valence-electron chi connectivity index (χ2n) is 3.59. The van der Waals surface area contributed by atoms with E-state index in [-0.39, 0.29) is 5.97 Å². The van der Waals surface area contributed by atoms with Crippen LogP contribution in [0.15, 0.2) is 60.2 Å². The highest BCUT2D eigenvalue weighted by atomic mass is 16.5. The van der Waals surface area contributed by atoms with Crippen LogP contribution < -0.4 is 0 Å². The lowest BCUT2D eigenvalue weighted by atomic mass is 10.2. The first-order valence-corrected chi connectivity index (χ1v) is 6.01. The van der Waals surface area contributed by atoms with E-state index >= 15 is 0 Å². The maximum absolute atomic E-state index is 11.5. The number of carbonyl (C=O) groups is 1.